The number of thioether (sulfide) groups is 1. The molecule has 0 radical (unpaired) electrons. The highest BCUT2D eigenvalue weighted by molar-refractivity contribution is 7.99. The highest BCUT2D eigenvalue weighted by atomic mass is 32.2. The lowest BCUT2D eigenvalue weighted by molar-refractivity contribution is -0.125. The first-order valence-corrected chi connectivity index (χ1v) is 10.7. The summed E-state index contributed by atoms with van der Waals surface area (Å²) in [7, 11) is 0. The van der Waals surface area contributed by atoms with Crippen molar-refractivity contribution in [3.8, 4) is 18.1 Å². The largest absolute Gasteiger partial charge is 0.467 e. The molecule has 1 N–H and O–H groups in total. The van der Waals surface area contributed by atoms with Gasteiger partial charge in [-0.15, -0.1) is 18.2 Å². The molecule has 1 aliphatic rings. The smallest absolute Gasteiger partial charge is 0.272 e. The summed E-state index contributed by atoms with van der Waals surface area (Å²) in [6.07, 6.45) is 9.22. The number of nitrogens with one attached hydrogen (secondary N) is 1. The first-order chi connectivity index (χ1) is 14.0. The van der Waals surface area contributed by atoms with Crippen molar-refractivity contribution < 1.29 is 18.8 Å². The van der Waals surface area contributed by atoms with Crippen molar-refractivity contribution in [2.45, 2.75) is 50.7 Å². The molecular formula is C22H24FN3O3S. The van der Waals surface area contributed by atoms with E-state index in [0.717, 1.165) is 17.5 Å². The molecule has 0 bridgehead atoms. The van der Waals surface area contributed by atoms with Gasteiger partial charge in [0.05, 0.1) is 16.8 Å². The second-order valence-electron chi connectivity index (χ2n) is 8.21. The Morgan fingerprint density at radius 3 is 2.77 bits per heavy atom. The zero-order chi connectivity index (χ0) is 22.1. The van der Waals surface area contributed by atoms with E-state index in [0.29, 0.717) is 22.9 Å². The Morgan fingerprint density at radius 1 is 1.43 bits per heavy atom. The standard InChI is InChI=1S/C22H24FN3O3S/c1-7-13-8-14-9-17(15(23)10-16(14)24-12-13)28-20(30-6)19(27)25-22(4,5)18-11-21(2,3)29-26-18/h1,8-10,12,20H,11H2,2-6H3,(H,25,27). The molecule has 6 nitrogen and oxygen atoms in total. The quantitative estimate of drug-likeness (QED) is 0.557. The summed E-state index contributed by atoms with van der Waals surface area (Å²) in [6, 6.07) is 4.47. The summed E-state index contributed by atoms with van der Waals surface area (Å²) in [5, 5.41) is 7.67. The predicted molar refractivity (Wildman–Crippen MR) is 117 cm³/mol. The van der Waals surface area contributed by atoms with Crippen LogP contribution in [-0.4, -0.2) is 39.4 Å². The number of ether oxygens (including phenoxy) is 1. The average Bonchev–Trinajstić information content (AvgIpc) is 3.06. The lowest BCUT2D eigenvalue weighted by atomic mass is 9.90. The zero-order valence-corrected chi connectivity index (χ0v) is 18.4. The molecule has 3 rings (SSSR count). The monoisotopic (exact) mass is 429 g/mol. The van der Waals surface area contributed by atoms with E-state index in [1.54, 1.807) is 12.3 Å². The van der Waals surface area contributed by atoms with Crippen molar-refractivity contribution >= 4 is 34.3 Å². The van der Waals surface area contributed by atoms with E-state index in [4.69, 9.17) is 16.0 Å². The summed E-state index contributed by atoms with van der Waals surface area (Å²) in [6.45, 7) is 7.54. The number of pyridine rings is 1. The molecule has 8 heteroatoms. The summed E-state index contributed by atoms with van der Waals surface area (Å²) < 4.78 is 20.3. The van der Waals surface area contributed by atoms with Crippen LogP contribution in [0.5, 0.6) is 5.75 Å². The zero-order valence-electron chi connectivity index (χ0n) is 17.6. The predicted octanol–water partition coefficient (Wildman–Crippen LogP) is 3.87. The third-order valence-corrected chi connectivity index (χ3v) is 5.46. The average molecular weight is 430 g/mol. The molecule has 0 fully saturated rings. The summed E-state index contributed by atoms with van der Waals surface area (Å²) in [4.78, 5) is 22.4. The van der Waals surface area contributed by atoms with Crippen LogP contribution < -0.4 is 10.1 Å². The van der Waals surface area contributed by atoms with E-state index < -0.39 is 28.3 Å². The number of aromatic nitrogens is 1. The van der Waals surface area contributed by atoms with Gasteiger partial charge in [0.15, 0.2) is 11.6 Å². The number of hydrogen-bond acceptors (Lipinski definition) is 6. The summed E-state index contributed by atoms with van der Waals surface area (Å²) in [5.41, 5.74) is -0.362. The number of halogens is 1. The molecule has 2 heterocycles. The Kier molecular flexibility index (Phi) is 5.95. The molecule has 1 amide bonds. The third-order valence-electron chi connectivity index (χ3n) is 4.72. The Labute approximate surface area is 179 Å². The molecule has 1 unspecified atom stereocenters. The fraction of sp³-hybridized carbons (Fsp3) is 0.409. The van der Waals surface area contributed by atoms with Crippen LogP contribution in [0.2, 0.25) is 0 Å². The van der Waals surface area contributed by atoms with Gasteiger partial charge in [0.1, 0.15) is 5.60 Å². The van der Waals surface area contributed by atoms with Gasteiger partial charge in [-0.25, -0.2) is 4.39 Å². The Morgan fingerprint density at radius 2 is 2.17 bits per heavy atom. The number of rotatable bonds is 6. The van der Waals surface area contributed by atoms with Gasteiger partial charge in [0.25, 0.3) is 5.91 Å². The van der Waals surface area contributed by atoms with Crippen molar-refractivity contribution in [3.63, 3.8) is 0 Å². The SMILES string of the molecule is C#Cc1cnc2cc(F)c(OC(SC)C(=O)NC(C)(C)C3=NOC(C)(C)C3)cc2c1. The fourth-order valence-corrected chi connectivity index (χ4v) is 3.52. The minimum atomic E-state index is -0.962. The van der Waals surface area contributed by atoms with Gasteiger partial charge in [-0.3, -0.25) is 9.78 Å². The lowest BCUT2D eigenvalue weighted by Gasteiger charge is -2.28. The number of amides is 1. The van der Waals surface area contributed by atoms with Gasteiger partial charge in [0.2, 0.25) is 5.44 Å². The van der Waals surface area contributed by atoms with Gasteiger partial charge < -0.3 is 14.9 Å². The maximum absolute atomic E-state index is 14.5. The minimum Gasteiger partial charge on any atom is -0.467 e. The summed E-state index contributed by atoms with van der Waals surface area (Å²) in [5.74, 6) is 1.45. The van der Waals surface area contributed by atoms with Crippen LogP contribution in [0, 0.1) is 18.2 Å². The van der Waals surface area contributed by atoms with Crippen molar-refractivity contribution in [1.82, 2.24) is 10.3 Å². The number of fused-ring (bicyclic) bond motifs is 1. The Hall–Kier alpha value is -2.79. The number of oxime groups is 1. The normalized spacial score (nSPS) is 16.4. The maximum atomic E-state index is 14.5. The molecule has 158 valence electrons. The van der Waals surface area contributed by atoms with Crippen LogP contribution in [0.15, 0.2) is 29.6 Å². The number of hydrogen-bond donors (Lipinski definition) is 1. The number of carbonyl (C=O) groups excluding carboxylic acids is 1. The van der Waals surface area contributed by atoms with Gasteiger partial charge in [-0.05, 0) is 46.1 Å². The highest BCUT2D eigenvalue weighted by Gasteiger charge is 2.39. The molecule has 0 spiro atoms. The number of benzene rings is 1. The second kappa shape index (κ2) is 8.15. The molecule has 1 aromatic heterocycles. The van der Waals surface area contributed by atoms with E-state index in [1.165, 1.54) is 18.3 Å². The van der Waals surface area contributed by atoms with Gasteiger partial charge in [0, 0.05) is 29.6 Å². The second-order valence-corrected chi connectivity index (χ2v) is 9.11. The molecule has 0 saturated carbocycles. The molecule has 1 aromatic carbocycles. The summed E-state index contributed by atoms with van der Waals surface area (Å²) >= 11 is 1.16. The van der Waals surface area contributed by atoms with Gasteiger partial charge >= 0.3 is 0 Å². The van der Waals surface area contributed by atoms with Crippen LogP contribution in [0.3, 0.4) is 0 Å². The Balaban J connectivity index is 1.78. The van der Waals surface area contributed by atoms with Crippen LogP contribution in [-0.2, 0) is 9.63 Å². The third kappa shape index (κ3) is 4.68. The fourth-order valence-electron chi connectivity index (χ4n) is 3.04. The van der Waals surface area contributed by atoms with Crippen molar-refractivity contribution in [3.05, 3.63) is 35.8 Å². The minimum absolute atomic E-state index is 0.0477. The molecule has 30 heavy (non-hydrogen) atoms. The van der Waals surface area contributed by atoms with Crippen LogP contribution in [0.4, 0.5) is 4.39 Å². The lowest BCUT2D eigenvalue weighted by Crippen LogP contribution is -2.53. The van der Waals surface area contributed by atoms with Gasteiger partial charge in [-0.1, -0.05) is 11.1 Å². The topological polar surface area (TPSA) is 72.8 Å². The molecular weight excluding hydrogens is 405 g/mol. The van der Waals surface area contributed by atoms with Crippen molar-refractivity contribution in [2.24, 2.45) is 5.16 Å². The van der Waals surface area contributed by atoms with E-state index in [-0.39, 0.29) is 5.75 Å². The van der Waals surface area contributed by atoms with Crippen LogP contribution >= 0.6 is 11.8 Å². The van der Waals surface area contributed by atoms with E-state index in [9.17, 15) is 9.18 Å². The molecule has 1 atom stereocenters. The molecule has 0 saturated heterocycles. The number of carbonyl (C=O) groups is 1. The Bertz CT molecular complexity index is 1060. The van der Waals surface area contributed by atoms with Crippen LogP contribution in [0.1, 0.15) is 39.7 Å². The molecule has 0 aliphatic carbocycles. The van der Waals surface area contributed by atoms with Crippen molar-refractivity contribution in [1.29, 1.82) is 0 Å². The first kappa shape index (κ1) is 21.9. The number of terminal acetylenes is 1. The van der Waals surface area contributed by atoms with E-state index in [2.05, 4.69) is 21.4 Å². The van der Waals surface area contributed by atoms with Crippen LogP contribution in [0.25, 0.3) is 10.9 Å². The molecule has 1 aliphatic heterocycles. The van der Waals surface area contributed by atoms with Gasteiger partial charge in [-0.2, -0.15) is 0 Å². The van der Waals surface area contributed by atoms with E-state index in [1.807, 2.05) is 27.7 Å². The first-order valence-electron chi connectivity index (χ1n) is 9.37. The van der Waals surface area contributed by atoms with E-state index >= 15 is 0 Å². The maximum Gasteiger partial charge on any atom is 0.272 e. The highest BCUT2D eigenvalue weighted by Crippen LogP contribution is 2.29. The number of nitrogens with zero attached hydrogens (tertiary/aromatic N) is 2. The molecule has 2 aromatic rings. The van der Waals surface area contributed by atoms with Crippen molar-refractivity contribution in [2.75, 3.05) is 6.26 Å².